The molecule has 1 aromatic carbocycles. The number of fused-ring (bicyclic) bond motifs is 1. The number of nitrogens with zero attached hydrogens (tertiary/aromatic N) is 2. The Bertz CT molecular complexity index is 716. The summed E-state index contributed by atoms with van der Waals surface area (Å²) in [6, 6.07) is 5.82. The number of rotatable bonds is 4. The fraction of sp³-hybridized carbons (Fsp3) is 0.375. The van der Waals surface area contributed by atoms with Crippen LogP contribution in [-0.2, 0) is 0 Å². The summed E-state index contributed by atoms with van der Waals surface area (Å²) in [6.07, 6.45) is 0. The molecule has 1 amide bonds. The Morgan fingerprint density at radius 1 is 1.36 bits per heavy atom. The number of likely N-dealkylation sites (N-methyl/N-ethyl adjacent to an activating group) is 1. The lowest BCUT2D eigenvalue weighted by atomic mass is 10.0. The van der Waals surface area contributed by atoms with E-state index < -0.39 is 0 Å². The van der Waals surface area contributed by atoms with E-state index in [0.29, 0.717) is 17.4 Å². The van der Waals surface area contributed by atoms with Gasteiger partial charge in [0.05, 0.1) is 11.1 Å². The smallest absolute Gasteiger partial charge is 0.254 e. The summed E-state index contributed by atoms with van der Waals surface area (Å²) >= 11 is 6.06. The standard InChI is InChI=1S/C16H19ClFN3O/c1-16(2,21(3)4)9-19-15(22)12-7-10-5-6-11(18)8-13(10)20-14(12)17/h5-8H,9H2,1-4H3,(H,19,22). The molecular weight excluding hydrogens is 305 g/mol. The van der Waals surface area contributed by atoms with Crippen LogP contribution in [0.4, 0.5) is 4.39 Å². The van der Waals surface area contributed by atoms with E-state index in [9.17, 15) is 9.18 Å². The molecule has 0 atom stereocenters. The van der Waals surface area contributed by atoms with Crippen molar-refractivity contribution in [3.05, 3.63) is 40.8 Å². The molecule has 0 aliphatic heterocycles. The molecule has 0 bridgehead atoms. The fourth-order valence-corrected chi connectivity index (χ4v) is 2.06. The highest BCUT2D eigenvalue weighted by Crippen LogP contribution is 2.21. The number of amides is 1. The Morgan fingerprint density at radius 3 is 2.68 bits per heavy atom. The van der Waals surface area contributed by atoms with Gasteiger partial charge in [-0.2, -0.15) is 0 Å². The first-order chi connectivity index (χ1) is 10.2. The van der Waals surface area contributed by atoms with Crippen molar-refractivity contribution < 1.29 is 9.18 Å². The van der Waals surface area contributed by atoms with Crippen LogP contribution in [0.3, 0.4) is 0 Å². The lowest BCUT2D eigenvalue weighted by Crippen LogP contribution is -2.48. The zero-order valence-corrected chi connectivity index (χ0v) is 13.8. The van der Waals surface area contributed by atoms with Crippen molar-refractivity contribution in [2.45, 2.75) is 19.4 Å². The largest absolute Gasteiger partial charge is 0.350 e. The van der Waals surface area contributed by atoms with Crippen molar-refractivity contribution in [1.82, 2.24) is 15.2 Å². The lowest BCUT2D eigenvalue weighted by Gasteiger charge is -2.32. The molecule has 118 valence electrons. The van der Waals surface area contributed by atoms with Gasteiger partial charge in [-0.25, -0.2) is 9.37 Å². The molecule has 0 fully saturated rings. The third-order valence-electron chi connectivity index (χ3n) is 3.87. The predicted octanol–water partition coefficient (Wildman–Crippen LogP) is 3.10. The van der Waals surface area contributed by atoms with Gasteiger partial charge in [0, 0.05) is 23.5 Å². The quantitative estimate of drug-likeness (QED) is 0.879. The van der Waals surface area contributed by atoms with Gasteiger partial charge in [-0.05, 0) is 46.1 Å². The molecule has 22 heavy (non-hydrogen) atoms. The maximum absolute atomic E-state index is 13.2. The van der Waals surface area contributed by atoms with Gasteiger partial charge in [0.25, 0.3) is 5.91 Å². The van der Waals surface area contributed by atoms with Crippen molar-refractivity contribution in [2.75, 3.05) is 20.6 Å². The first-order valence-electron chi connectivity index (χ1n) is 6.92. The molecule has 6 heteroatoms. The number of benzene rings is 1. The van der Waals surface area contributed by atoms with Crippen molar-refractivity contribution in [3.63, 3.8) is 0 Å². The first-order valence-corrected chi connectivity index (χ1v) is 7.30. The predicted molar refractivity (Wildman–Crippen MR) is 86.8 cm³/mol. The molecule has 2 aromatic rings. The third-order valence-corrected chi connectivity index (χ3v) is 4.16. The van der Waals surface area contributed by atoms with E-state index in [4.69, 9.17) is 11.6 Å². The summed E-state index contributed by atoms with van der Waals surface area (Å²) in [7, 11) is 3.90. The molecule has 0 aliphatic carbocycles. The zero-order valence-electron chi connectivity index (χ0n) is 13.1. The SMILES string of the molecule is CN(C)C(C)(C)CNC(=O)c1cc2ccc(F)cc2nc1Cl. The summed E-state index contributed by atoms with van der Waals surface area (Å²) in [5, 5.41) is 3.60. The van der Waals surface area contributed by atoms with Crippen LogP contribution >= 0.6 is 11.6 Å². The summed E-state index contributed by atoms with van der Waals surface area (Å²) in [5.41, 5.74) is 0.528. The van der Waals surface area contributed by atoms with Gasteiger partial charge in [-0.15, -0.1) is 0 Å². The minimum absolute atomic E-state index is 0.0678. The van der Waals surface area contributed by atoms with Crippen molar-refractivity contribution in [3.8, 4) is 0 Å². The molecule has 0 saturated carbocycles. The van der Waals surface area contributed by atoms with Crippen LogP contribution in [0, 0.1) is 5.82 Å². The van der Waals surface area contributed by atoms with Gasteiger partial charge in [0.2, 0.25) is 0 Å². The average molecular weight is 324 g/mol. The van der Waals surface area contributed by atoms with E-state index >= 15 is 0 Å². The average Bonchev–Trinajstić information content (AvgIpc) is 2.43. The van der Waals surface area contributed by atoms with Crippen LogP contribution in [0.1, 0.15) is 24.2 Å². The maximum atomic E-state index is 13.2. The summed E-state index contributed by atoms with van der Waals surface area (Å²) in [4.78, 5) is 18.4. The number of nitrogens with one attached hydrogen (secondary N) is 1. The van der Waals surface area contributed by atoms with Crippen molar-refractivity contribution >= 4 is 28.4 Å². The maximum Gasteiger partial charge on any atom is 0.254 e. The molecule has 4 nitrogen and oxygen atoms in total. The molecule has 1 N–H and O–H groups in total. The lowest BCUT2D eigenvalue weighted by molar-refractivity contribution is 0.0919. The van der Waals surface area contributed by atoms with Crippen LogP contribution in [0.25, 0.3) is 10.9 Å². The molecule has 0 radical (unpaired) electrons. The van der Waals surface area contributed by atoms with E-state index in [2.05, 4.69) is 10.3 Å². The molecule has 1 heterocycles. The number of halogens is 2. The van der Waals surface area contributed by atoms with E-state index in [1.807, 2.05) is 32.8 Å². The summed E-state index contributed by atoms with van der Waals surface area (Å²) in [6.45, 7) is 4.52. The molecule has 1 aromatic heterocycles. The van der Waals surface area contributed by atoms with Crippen LogP contribution in [0.5, 0.6) is 0 Å². The second-order valence-corrected chi connectivity index (χ2v) is 6.41. The molecule has 0 unspecified atom stereocenters. The van der Waals surface area contributed by atoms with E-state index in [0.717, 1.165) is 0 Å². The Kier molecular flexibility index (Phi) is 4.68. The van der Waals surface area contributed by atoms with Crippen LogP contribution in [0.15, 0.2) is 24.3 Å². The van der Waals surface area contributed by atoms with Gasteiger partial charge in [-0.1, -0.05) is 11.6 Å². The van der Waals surface area contributed by atoms with Gasteiger partial charge < -0.3 is 10.2 Å². The van der Waals surface area contributed by atoms with Gasteiger partial charge in [0.1, 0.15) is 11.0 Å². The van der Waals surface area contributed by atoms with Gasteiger partial charge in [0.15, 0.2) is 0 Å². The summed E-state index contributed by atoms with van der Waals surface area (Å²) < 4.78 is 13.2. The third kappa shape index (κ3) is 3.54. The van der Waals surface area contributed by atoms with E-state index in [1.165, 1.54) is 12.1 Å². The zero-order chi connectivity index (χ0) is 16.5. The molecule has 0 spiro atoms. The highest BCUT2D eigenvalue weighted by atomic mass is 35.5. The van der Waals surface area contributed by atoms with Crippen molar-refractivity contribution in [1.29, 1.82) is 0 Å². The molecule has 0 saturated heterocycles. The molecule has 2 rings (SSSR count). The van der Waals surface area contributed by atoms with E-state index in [1.54, 1.807) is 12.1 Å². The van der Waals surface area contributed by atoms with Crippen LogP contribution in [-0.4, -0.2) is 42.0 Å². The van der Waals surface area contributed by atoms with E-state index in [-0.39, 0.29) is 28.0 Å². The Balaban J connectivity index is 2.25. The van der Waals surface area contributed by atoms with Crippen LogP contribution < -0.4 is 5.32 Å². The monoisotopic (exact) mass is 323 g/mol. The highest BCUT2D eigenvalue weighted by Gasteiger charge is 2.22. The minimum Gasteiger partial charge on any atom is -0.350 e. The second kappa shape index (κ2) is 6.18. The van der Waals surface area contributed by atoms with Gasteiger partial charge >= 0.3 is 0 Å². The van der Waals surface area contributed by atoms with Crippen molar-refractivity contribution in [2.24, 2.45) is 0 Å². The van der Waals surface area contributed by atoms with Gasteiger partial charge in [-0.3, -0.25) is 4.79 Å². The Morgan fingerprint density at radius 2 is 2.05 bits per heavy atom. The second-order valence-electron chi connectivity index (χ2n) is 6.05. The first kappa shape index (κ1) is 16.6. The number of hydrogen-bond donors (Lipinski definition) is 1. The minimum atomic E-state index is -0.388. The number of pyridine rings is 1. The Hall–Kier alpha value is -1.72. The highest BCUT2D eigenvalue weighted by molar-refractivity contribution is 6.33. The fourth-order valence-electron chi connectivity index (χ4n) is 1.83. The number of aromatic nitrogens is 1. The number of carbonyl (C=O) groups is 1. The molecular formula is C16H19ClFN3O. The Labute approximate surface area is 134 Å². The van der Waals surface area contributed by atoms with Crippen LogP contribution in [0.2, 0.25) is 5.15 Å². The molecule has 0 aliphatic rings. The number of carbonyl (C=O) groups excluding carboxylic acids is 1. The topological polar surface area (TPSA) is 45.2 Å². The summed E-state index contributed by atoms with van der Waals surface area (Å²) in [5.74, 6) is -0.681. The number of hydrogen-bond acceptors (Lipinski definition) is 3. The normalized spacial score (nSPS) is 12.0.